The van der Waals surface area contributed by atoms with Gasteiger partial charge in [-0.05, 0) is 55.2 Å². The summed E-state index contributed by atoms with van der Waals surface area (Å²) in [6, 6.07) is 12.5. The number of carbonyl (C=O) groups is 2. The molecule has 0 saturated carbocycles. The van der Waals surface area contributed by atoms with E-state index in [0.29, 0.717) is 11.4 Å². The van der Waals surface area contributed by atoms with Crippen LogP contribution >= 0.6 is 11.6 Å². The predicted molar refractivity (Wildman–Crippen MR) is 114 cm³/mol. The van der Waals surface area contributed by atoms with Crippen LogP contribution in [0.3, 0.4) is 0 Å². The Labute approximate surface area is 177 Å². The average molecular weight is 419 g/mol. The highest BCUT2D eigenvalue weighted by Crippen LogP contribution is 2.17. The van der Waals surface area contributed by atoms with Crippen LogP contribution in [-0.2, 0) is 22.6 Å². The predicted octanol–water partition coefficient (Wildman–Crippen LogP) is 4.74. The normalized spacial score (nSPS) is 12.9. The molecule has 0 heterocycles. The SMILES string of the molecule is CC[C@@H](C)NC(=O)[C@H](CC)N(Cc1ccc(F)cc1)C(=O)Cc1ccc(Cl)cc1. The van der Waals surface area contributed by atoms with Crippen molar-refractivity contribution in [3.8, 4) is 0 Å². The van der Waals surface area contributed by atoms with Crippen LogP contribution < -0.4 is 5.32 Å². The van der Waals surface area contributed by atoms with Crippen LogP contribution in [0.5, 0.6) is 0 Å². The summed E-state index contributed by atoms with van der Waals surface area (Å²) in [6.07, 6.45) is 1.44. The van der Waals surface area contributed by atoms with Crippen LogP contribution in [0, 0.1) is 5.82 Å². The molecule has 0 radical (unpaired) electrons. The summed E-state index contributed by atoms with van der Waals surface area (Å²) >= 11 is 5.93. The lowest BCUT2D eigenvalue weighted by Gasteiger charge is -2.31. The third-order valence-corrected chi connectivity index (χ3v) is 5.17. The number of halogens is 2. The van der Waals surface area contributed by atoms with Gasteiger partial charge in [0.05, 0.1) is 6.42 Å². The standard InChI is InChI=1S/C23H28ClFN2O2/c1-4-16(3)26-23(29)21(5-2)27(15-18-8-12-20(25)13-9-18)22(28)14-17-6-10-19(24)11-7-17/h6-13,16,21H,4-5,14-15H2,1-3H3,(H,26,29)/t16-,21+/m1/s1. The summed E-state index contributed by atoms with van der Waals surface area (Å²) in [5.41, 5.74) is 1.59. The van der Waals surface area contributed by atoms with Gasteiger partial charge in [0.2, 0.25) is 11.8 Å². The Morgan fingerprint density at radius 1 is 1.00 bits per heavy atom. The molecule has 2 aromatic rings. The molecule has 0 aliphatic rings. The van der Waals surface area contributed by atoms with Gasteiger partial charge in [-0.25, -0.2) is 4.39 Å². The molecule has 0 saturated heterocycles. The Morgan fingerprint density at radius 3 is 2.14 bits per heavy atom. The first-order valence-electron chi connectivity index (χ1n) is 9.92. The van der Waals surface area contributed by atoms with Crippen molar-refractivity contribution < 1.29 is 14.0 Å². The minimum atomic E-state index is -0.603. The maximum Gasteiger partial charge on any atom is 0.243 e. The highest BCUT2D eigenvalue weighted by atomic mass is 35.5. The van der Waals surface area contributed by atoms with Crippen LogP contribution in [0.1, 0.15) is 44.7 Å². The molecular formula is C23H28ClFN2O2. The first-order valence-corrected chi connectivity index (χ1v) is 10.3. The summed E-state index contributed by atoms with van der Waals surface area (Å²) in [5.74, 6) is -0.675. The topological polar surface area (TPSA) is 49.4 Å². The van der Waals surface area contributed by atoms with Crippen molar-refractivity contribution >= 4 is 23.4 Å². The monoisotopic (exact) mass is 418 g/mol. The number of nitrogens with one attached hydrogen (secondary N) is 1. The number of rotatable bonds is 9. The minimum Gasteiger partial charge on any atom is -0.352 e. The number of amides is 2. The molecule has 1 N–H and O–H groups in total. The highest BCUT2D eigenvalue weighted by molar-refractivity contribution is 6.30. The smallest absolute Gasteiger partial charge is 0.243 e. The Morgan fingerprint density at radius 2 is 1.59 bits per heavy atom. The molecule has 0 aromatic heterocycles. The van der Waals surface area contributed by atoms with E-state index in [9.17, 15) is 14.0 Å². The van der Waals surface area contributed by atoms with Crippen molar-refractivity contribution in [2.24, 2.45) is 0 Å². The van der Waals surface area contributed by atoms with Gasteiger partial charge in [0, 0.05) is 17.6 Å². The second-order valence-electron chi connectivity index (χ2n) is 7.19. The minimum absolute atomic E-state index is 0.0237. The summed E-state index contributed by atoms with van der Waals surface area (Å²) in [6.45, 7) is 6.05. The highest BCUT2D eigenvalue weighted by Gasteiger charge is 2.29. The van der Waals surface area contributed by atoms with Crippen LogP contribution in [-0.4, -0.2) is 28.8 Å². The lowest BCUT2D eigenvalue weighted by molar-refractivity contribution is -0.141. The second-order valence-corrected chi connectivity index (χ2v) is 7.63. The van der Waals surface area contributed by atoms with E-state index in [2.05, 4.69) is 5.32 Å². The van der Waals surface area contributed by atoms with Crippen LogP contribution in [0.2, 0.25) is 5.02 Å². The molecule has 6 heteroatoms. The van der Waals surface area contributed by atoms with Crippen molar-refractivity contribution in [2.45, 2.75) is 58.7 Å². The van der Waals surface area contributed by atoms with Gasteiger partial charge >= 0.3 is 0 Å². The van der Waals surface area contributed by atoms with E-state index >= 15 is 0 Å². The molecule has 0 bridgehead atoms. The van der Waals surface area contributed by atoms with Crippen LogP contribution in [0.4, 0.5) is 4.39 Å². The molecule has 0 aliphatic carbocycles. The molecule has 0 spiro atoms. The van der Waals surface area contributed by atoms with E-state index in [1.807, 2.05) is 20.8 Å². The molecule has 2 amide bonds. The quantitative estimate of drug-likeness (QED) is 0.639. The van der Waals surface area contributed by atoms with Gasteiger partial charge in [-0.1, -0.05) is 49.7 Å². The fraction of sp³-hybridized carbons (Fsp3) is 0.391. The zero-order valence-corrected chi connectivity index (χ0v) is 17.9. The number of hydrogen-bond donors (Lipinski definition) is 1. The van der Waals surface area contributed by atoms with E-state index < -0.39 is 6.04 Å². The average Bonchev–Trinajstić information content (AvgIpc) is 2.70. The van der Waals surface area contributed by atoms with E-state index in [1.54, 1.807) is 41.3 Å². The maximum absolute atomic E-state index is 13.3. The van der Waals surface area contributed by atoms with Crippen LogP contribution in [0.15, 0.2) is 48.5 Å². The fourth-order valence-corrected chi connectivity index (χ4v) is 3.15. The van der Waals surface area contributed by atoms with Gasteiger partial charge in [-0.3, -0.25) is 9.59 Å². The summed E-state index contributed by atoms with van der Waals surface area (Å²) in [7, 11) is 0. The largest absolute Gasteiger partial charge is 0.352 e. The first-order chi connectivity index (χ1) is 13.8. The Kier molecular flexibility index (Phi) is 8.65. The third kappa shape index (κ3) is 6.86. The third-order valence-electron chi connectivity index (χ3n) is 4.92. The molecule has 4 nitrogen and oxygen atoms in total. The van der Waals surface area contributed by atoms with Gasteiger partial charge in [0.1, 0.15) is 11.9 Å². The second kappa shape index (κ2) is 11.0. The van der Waals surface area contributed by atoms with Crippen molar-refractivity contribution in [3.05, 3.63) is 70.5 Å². The van der Waals surface area contributed by atoms with Gasteiger partial charge in [0.15, 0.2) is 0 Å². The lowest BCUT2D eigenvalue weighted by Crippen LogP contribution is -2.51. The Bertz CT molecular complexity index is 809. The molecule has 156 valence electrons. The molecular weight excluding hydrogens is 391 g/mol. The van der Waals surface area contributed by atoms with Gasteiger partial charge in [-0.15, -0.1) is 0 Å². The maximum atomic E-state index is 13.3. The number of carbonyl (C=O) groups excluding carboxylic acids is 2. The molecule has 0 fully saturated rings. The zero-order chi connectivity index (χ0) is 21.4. The summed E-state index contributed by atoms with van der Waals surface area (Å²) in [4.78, 5) is 27.6. The number of nitrogens with zero attached hydrogens (tertiary/aromatic N) is 1. The molecule has 0 aliphatic heterocycles. The first kappa shape index (κ1) is 22.9. The van der Waals surface area contributed by atoms with E-state index in [4.69, 9.17) is 11.6 Å². The summed E-state index contributed by atoms with van der Waals surface area (Å²) < 4.78 is 13.3. The van der Waals surface area contributed by atoms with E-state index in [0.717, 1.165) is 17.5 Å². The van der Waals surface area contributed by atoms with Crippen molar-refractivity contribution in [1.82, 2.24) is 10.2 Å². The summed E-state index contributed by atoms with van der Waals surface area (Å²) in [5, 5.41) is 3.57. The van der Waals surface area contributed by atoms with E-state index in [-0.39, 0.29) is 36.6 Å². The van der Waals surface area contributed by atoms with Gasteiger partial charge in [-0.2, -0.15) is 0 Å². The molecule has 29 heavy (non-hydrogen) atoms. The Balaban J connectivity index is 2.26. The zero-order valence-electron chi connectivity index (χ0n) is 17.1. The Hall–Kier alpha value is -2.40. The van der Waals surface area contributed by atoms with Crippen LogP contribution in [0.25, 0.3) is 0 Å². The molecule has 2 atom stereocenters. The fourth-order valence-electron chi connectivity index (χ4n) is 3.03. The van der Waals surface area contributed by atoms with Gasteiger partial charge < -0.3 is 10.2 Å². The van der Waals surface area contributed by atoms with E-state index in [1.165, 1.54) is 12.1 Å². The van der Waals surface area contributed by atoms with Crippen molar-refractivity contribution in [2.75, 3.05) is 0 Å². The molecule has 2 rings (SSSR count). The lowest BCUT2D eigenvalue weighted by atomic mass is 10.1. The van der Waals surface area contributed by atoms with Crippen molar-refractivity contribution in [3.63, 3.8) is 0 Å². The molecule has 0 unspecified atom stereocenters. The van der Waals surface area contributed by atoms with Gasteiger partial charge in [0.25, 0.3) is 0 Å². The number of hydrogen-bond acceptors (Lipinski definition) is 2. The number of benzene rings is 2. The molecule has 2 aromatic carbocycles. The van der Waals surface area contributed by atoms with Crippen molar-refractivity contribution in [1.29, 1.82) is 0 Å².